The van der Waals surface area contributed by atoms with Crippen LogP contribution in [0.1, 0.15) is 68.4 Å². The van der Waals surface area contributed by atoms with E-state index in [9.17, 15) is 9.90 Å². The second-order valence-electron chi connectivity index (χ2n) is 7.42. The van der Waals surface area contributed by atoms with Gasteiger partial charge in [0.2, 0.25) is 5.91 Å². The molecular formula is C20H29NO2. The molecule has 1 aromatic rings. The molecular weight excluding hydrogens is 286 g/mol. The Morgan fingerprint density at radius 3 is 2.30 bits per heavy atom. The molecule has 1 amide bonds. The molecule has 0 aliphatic heterocycles. The molecule has 2 fully saturated rings. The molecule has 0 spiro atoms. The average Bonchev–Trinajstić information content (AvgIpc) is 2.57. The minimum atomic E-state index is -0.160. The van der Waals surface area contributed by atoms with E-state index in [1.54, 1.807) is 0 Å². The highest BCUT2D eigenvalue weighted by molar-refractivity contribution is 5.79. The number of rotatable bonds is 3. The highest BCUT2D eigenvalue weighted by Gasteiger charge is 2.29. The van der Waals surface area contributed by atoms with Crippen molar-refractivity contribution in [1.82, 2.24) is 5.32 Å². The van der Waals surface area contributed by atoms with Gasteiger partial charge in [-0.1, -0.05) is 24.3 Å². The molecule has 0 aromatic heterocycles. The van der Waals surface area contributed by atoms with Crippen LogP contribution in [-0.2, 0) is 4.79 Å². The van der Waals surface area contributed by atoms with Crippen LogP contribution in [0.5, 0.6) is 0 Å². The zero-order chi connectivity index (χ0) is 16.2. The summed E-state index contributed by atoms with van der Waals surface area (Å²) in [6.07, 6.45) is 7.57. The predicted molar refractivity (Wildman–Crippen MR) is 92.3 cm³/mol. The molecule has 3 rings (SSSR count). The summed E-state index contributed by atoms with van der Waals surface area (Å²) in [6, 6.07) is 8.93. The molecule has 23 heavy (non-hydrogen) atoms. The van der Waals surface area contributed by atoms with Crippen molar-refractivity contribution in [3.05, 3.63) is 35.4 Å². The zero-order valence-electron chi connectivity index (χ0n) is 14.1. The first-order valence-corrected chi connectivity index (χ1v) is 9.17. The van der Waals surface area contributed by atoms with E-state index in [-0.39, 0.29) is 24.0 Å². The van der Waals surface area contributed by atoms with E-state index in [4.69, 9.17) is 0 Å². The number of aliphatic hydroxyl groups is 1. The van der Waals surface area contributed by atoms with Gasteiger partial charge in [-0.2, -0.15) is 0 Å². The van der Waals surface area contributed by atoms with Crippen molar-refractivity contribution in [3.63, 3.8) is 0 Å². The average molecular weight is 315 g/mol. The van der Waals surface area contributed by atoms with Gasteiger partial charge in [0.1, 0.15) is 0 Å². The molecule has 0 atom stereocenters. The van der Waals surface area contributed by atoms with Gasteiger partial charge in [0, 0.05) is 12.0 Å². The fourth-order valence-corrected chi connectivity index (χ4v) is 4.25. The highest BCUT2D eigenvalue weighted by atomic mass is 16.3. The Kier molecular flexibility index (Phi) is 5.37. The van der Waals surface area contributed by atoms with Gasteiger partial charge in [-0.05, 0) is 75.3 Å². The SMILES string of the molecule is Cc1ccccc1[C@H]1CC[C@@H](C(=O)NC2CCC(O)CC2)CC1. The van der Waals surface area contributed by atoms with Crippen LogP contribution < -0.4 is 5.32 Å². The van der Waals surface area contributed by atoms with Crippen molar-refractivity contribution in [2.24, 2.45) is 5.92 Å². The minimum absolute atomic E-state index is 0.160. The summed E-state index contributed by atoms with van der Waals surface area (Å²) >= 11 is 0. The lowest BCUT2D eigenvalue weighted by Crippen LogP contribution is -2.42. The van der Waals surface area contributed by atoms with Crippen LogP contribution in [0.4, 0.5) is 0 Å². The number of nitrogens with one attached hydrogen (secondary N) is 1. The third-order valence-corrected chi connectivity index (χ3v) is 5.77. The van der Waals surface area contributed by atoms with Crippen LogP contribution >= 0.6 is 0 Å². The smallest absolute Gasteiger partial charge is 0.223 e. The topological polar surface area (TPSA) is 49.3 Å². The van der Waals surface area contributed by atoms with Gasteiger partial charge in [-0.25, -0.2) is 0 Å². The number of hydrogen-bond acceptors (Lipinski definition) is 2. The maximum Gasteiger partial charge on any atom is 0.223 e. The van der Waals surface area contributed by atoms with E-state index in [2.05, 4.69) is 36.5 Å². The zero-order valence-corrected chi connectivity index (χ0v) is 14.1. The fraction of sp³-hybridized carbons (Fsp3) is 0.650. The Labute approximate surface area is 139 Å². The largest absolute Gasteiger partial charge is 0.393 e. The van der Waals surface area contributed by atoms with Crippen molar-refractivity contribution < 1.29 is 9.90 Å². The van der Waals surface area contributed by atoms with Crippen LogP contribution in [0.15, 0.2) is 24.3 Å². The third-order valence-electron chi connectivity index (χ3n) is 5.77. The first-order chi connectivity index (χ1) is 11.1. The molecule has 0 radical (unpaired) electrons. The third kappa shape index (κ3) is 4.14. The Hall–Kier alpha value is -1.35. The lowest BCUT2D eigenvalue weighted by molar-refractivity contribution is -0.127. The summed E-state index contributed by atoms with van der Waals surface area (Å²) in [5, 5.41) is 12.8. The van der Waals surface area contributed by atoms with E-state index in [1.165, 1.54) is 11.1 Å². The lowest BCUT2D eigenvalue weighted by atomic mass is 9.77. The van der Waals surface area contributed by atoms with Crippen molar-refractivity contribution in [2.45, 2.75) is 76.4 Å². The van der Waals surface area contributed by atoms with Gasteiger partial charge in [0.05, 0.1) is 6.10 Å². The van der Waals surface area contributed by atoms with Crippen molar-refractivity contribution in [2.75, 3.05) is 0 Å². The maximum atomic E-state index is 12.5. The van der Waals surface area contributed by atoms with Crippen LogP contribution in [0.25, 0.3) is 0 Å². The van der Waals surface area contributed by atoms with Gasteiger partial charge in [-0.15, -0.1) is 0 Å². The fourth-order valence-electron chi connectivity index (χ4n) is 4.25. The number of carbonyl (C=O) groups excluding carboxylic acids is 1. The number of amides is 1. The standard InChI is InChI=1S/C20H29NO2/c1-14-4-2-3-5-19(14)15-6-8-16(9-7-15)20(23)21-17-10-12-18(22)13-11-17/h2-5,15-18,22H,6-13H2,1H3,(H,21,23)/t15-,16+,17?,18?. The molecule has 2 aliphatic carbocycles. The highest BCUT2D eigenvalue weighted by Crippen LogP contribution is 2.37. The van der Waals surface area contributed by atoms with Crippen molar-refractivity contribution in [1.29, 1.82) is 0 Å². The molecule has 0 saturated heterocycles. The number of aliphatic hydroxyl groups excluding tert-OH is 1. The quantitative estimate of drug-likeness (QED) is 0.894. The summed E-state index contributed by atoms with van der Waals surface area (Å²) in [6.45, 7) is 2.19. The van der Waals surface area contributed by atoms with Crippen LogP contribution in [0.2, 0.25) is 0 Å². The van der Waals surface area contributed by atoms with E-state index in [1.807, 2.05) is 0 Å². The molecule has 1 aromatic carbocycles. The van der Waals surface area contributed by atoms with Gasteiger partial charge in [0.15, 0.2) is 0 Å². The number of hydrogen-bond donors (Lipinski definition) is 2. The van der Waals surface area contributed by atoms with Gasteiger partial charge in [-0.3, -0.25) is 4.79 Å². The van der Waals surface area contributed by atoms with E-state index in [0.29, 0.717) is 5.92 Å². The molecule has 2 saturated carbocycles. The minimum Gasteiger partial charge on any atom is -0.393 e. The maximum absolute atomic E-state index is 12.5. The molecule has 0 unspecified atom stereocenters. The van der Waals surface area contributed by atoms with Gasteiger partial charge >= 0.3 is 0 Å². The number of benzene rings is 1. The second-order valence-corrected chi connectivity index (χ2v) is 7.42. The van der Waals surface area contributed by atoms with Crippen LogP contribution in [0, 0.1) is 12.8 Å². The molecule has 3 nitrogen and oxygen atoms in total. The molecule has 3 heteroatoms. The second kappa shape index (κ2) is 7.48. The van der Waals surface area contributed by atoms with Gasteiger partial charge in [0.25, 0.3) is 0 Å². The van der Waals surface area contributed by atoms with Crippen LogP contribution in [0.3, 0.4) is 0 Å². The van der Waals surface area contributed by atoms with E-state index >= 15 is 0 Å². The summed E-state index contributed by atoms with van der Waals surface area (Å²) in [5.41, 5.74) is 2.84. The van der Waals surface area contributed by atoms with Crippen molar-refractivity contribution in [3.8, 4) is 0 Å². The van der Waals surface area contributed by atoms with Gasteiger partial charge < -0.3 is 10.4 Å². The Morgan fingerprint density at radius 1 is 1.00 bits per heavy atom. The number of aryl methyl sites for hydroxylation is 1. The summed E-state index contributed by atoms with van der Waals surface area (Å²) in [5.74, 6) is 1.04. The normalized spacial score (nSPS) is 31.6. The number of carbonyl (C=O) groups is 1. The summed E-state index contributed by atoms with van der Waals surface area (Å²) in [7, 11) is 0. The Morgan fingerprint density at radius 2 is 1.65 bits per heavy atom. The van der Waals surface area contributed by atoms with Crippen LogP contribution in [-0.4, -0.2) is 23.2 Å². The molecule has 0 bridgehead atoms. The molecule has 2 N–H and O–H groups in total. The summed E-state index contributed by atoms with van der Waals surface area (Å²) in [4.78, 5) is 12.5. The van der Waals surface area contributed by atoms with E-state index < -0.39 is 0 Å². The molecule has 126 valence electrons. The van der Waals surface area contributed by atoms with E-state index in [0.717, 1.165) is 51.4 Å². The van der Waals surface area contributed by atoms with Crippen molar-refractivity contribution >= 4 is 5.91 Å². The predicted octanol–water partition coefficient (Wildman–Crippen LogP) is 3.69. The molecule has 2 aliphatic rings. The Bertz CT molecular complexity index is 526. The Balaban J connectivity index is 1.49. The first-order valence-electron chi connectivity index (χ1n) is 9.17. The lowest BCUT2D eigenvalue weighted by Gasteiger charge is -2.31. The first kappa shape index (κ1) is 16.5. The summed E-state index contributed by atoms with van der Waals surface area (Å²) < 4.78 is 0. The molecule has 0 heterocycles. The monoisotopic (exact) mass is 315 g/mol.